The summed E-state index contributed by atoms with van der Waals surface area (Å²) in [5.41, 5.74) is 2.48. The molecule has 2 heterocycles. The van der Waals surface area contributed by atoms with Crippen LogP contribution in [0.4, 0.5) is 4.39 Å². The lowest BCUT2D eigenvalue weighted by atomic mass is 10.1. The van der Waals surface area contributed by atoms with Crippen LogP contribution in [0.25, 0.3) is 0 Å². The molecule has 0 aliphatic carbocycles. The molecule has 0 bridgehead atoms. The first-order valence-electron chi connectivity index (χ1n) is 8.73. The van der Waals surface area contributed by atoms with Crippen LogP contribution in [-0.4, -0.2) is 44.9 Å². The van der Waals surface area contributed by atoms with Crippen LogP contribution < -0.4 is 0 Å². The average Bonchev–Trinajstić information content (AvgIpc) is 2.82. The largest absolute Gasteiger partial charge is 0.333 e. The second-order valence-electron chi connectivity index (χ2n) is 6.93. The Morgan fingerprint density at radius 3 is 2.88 bits per heavy atom. The SMILES string of the molecule is CC(C)N(C)Cc1ncn2c1CN(C(=O)c1cccc(F)c1)CCC2. The number of rotatable bonds is 4. The van der Waals surface area contributed by atoms with Gasteiger partial charge in [-0.25, -0.2) is 9.37 Å². The van der Waals surface area contributed by atoms with Gasteiger partial charge in [0.15, 0.2) is 0 Å². The lowest BCUT2D eigenvalue weighted by molar-refractivity contribution is 0.0744. The van der Waals surface area contributed by atoms with Gasteiger partial charge < -0.3 is 9.47 Å². The molecule has 0 radical (unpaired) electrons. The van der Waals surface area contributed by atoms with Gasteiger partial charge in [0.2, 0.25) is 0 Å². The number of aryl methyl sites for hydroxylation is 1. The smallest absolute Gasteiger partial charge is 0.254 e. The van der Waals surface area contributed by atoms with Crippen LogP contribution in [0.3, 0.4) is 0 Å². The molecule has 0 spiro atoms. The number of hydrogen-bond donors (Lipinski definition) is 0. The Labute approximate surface area is 148 Å². The van der Waals surface area contributed by atoms with Crippen molar-refractivity contribution < 1.29 is 9.18 Å². The molecule has 0 atom stereocenters. The Bertz CT molecular complexity index is 756. The van der Waals surface area contributed by atoms with Crippen molar-refractivity contribution in [3.63, 3.8) is 0 Å². The monoisotopic (exact) mass is 344 g/mol. The zero-order valence-corrected chi connectivity index (χ0v) is 15.1. The molecule has 0 N–H and O–H groups in total. The first-order chi connectivity index (χ1) is 12.0. The van der Waals surface area contributed by atoms with E-state index in [1.54, 1.807) is 17.0 Å². The average molecular weight is 344 g/mol. The standard InChI is InChI=1S/C19H25FN4O/c1-14(2)22(3)11-17-18-12-23(8-5-9-24(18)13-21-17)19(25)15-6-4-7-16(20)10-15/h4,6-7,10,13-14H,5,8-9,11-12H2,1-3H3. The number of benzene rings is 1. The number of nitrogens with zero attached hydrogens (tertiary/aromatic N) is 4. The summed E-state index contributed by atoms with van der Waals surface area (Å²) >= 11 is 0. The normalized spacial score (nSPS) is 14.7. The van der Waals surface area contributed by atoms with E-state index < -0.39 is 0 Å². The van der Waals surface area contributed by atoms with Crippen molar-refractivity contribution in [1.29, 1.82) is 0 Å². The van der Waals surface area contributed by atoms with Crippen molar-refractivity contribution in [2.24, 2.45) is 0 Å². The van der Waals surface area contributed by atoms with E-state index in [-0.39, 0.29) is 11.7 Å². The maximum Gasteiger partial charge on any atom is 0.254 e. The van der Waals surface area contributed by atoms with E-state index in [9.17, 15) is 9.18 Å². The summed E-state index contributed by atoms with van der Waals surface area (Å²) in [6.45, 7) is 7.07. The molecule has 5 nitrogen and oxygen atoms in total. The molecule has 0 saturated heterocycles. The number of amides is 1. The molecule has 134 valence electrons. The van der Waals surface area contributed by atoms with Gasteiger partial charge in [-0.05, 0) is 45.5 Å². The Balaban J connectivity index is 1.82. The van der Waals surface area contributed by atoms with Crippen molar-refractivity contribution in [3.8, 4) is 0 Å². The lowest BCUT2D eigenvalue weighted by Crippen LogP contribution is -2.32. The maximum absolute atomic E-state index is 13.5. The molecule has 6 heteroatoms. The summed E-state index contributed by atoms with van der Waals surface area (Å²) < 4.78 is 15.6. The Kier molecular flexibility index (Phi) is 5.18. The Morgan fingerprint density at radius 1 is 1.36 bits per heavy atom. The maximum atomic E-state index is 13.5. The van der Waals surface area contributed by atoms with E-state index in [1.165, 1.54) is 12.1 Å². The Hall–Kier alpha value is -2.21. The summed E-state index contributed by atoms with van der Waals surface area (Å²) in [4.78, 5) is 21.4. The Morgan fingerprint density at radius 2 is 2.16 bits per heavy atom. The fourth-order valence-electron chi connectivity index (χ4n) is 3.04. The minimum Gasteiger partial charge on any atom is -0.333 e. The van der Waals surface area contributed by atoms with E-state index in [4.69, 9.17) is 0 Å². The number of carbonyl (C=O) groups is 1. The third-order valence-corrected chi connectivity index (χ3v) is 4.84. The van der Waals surface area contributed by atoms with Gasteiger partial charge in [0, 0.05) is 31.2 Å². The number of aromatic nitrogens is 2. The van der Waals surface area contributed by atoms with Crippen LogP contribution in [0.1, 0.15) is 42.0 Å². The molecular weight excluding hydrogens is 319 g/mol. The highest BCUT2D eigenvalue weighted by Crippen LogP contribution is 2.20. The number of hydrogen-bond acceptors (Lipinski definition) is 3. The molecule has 2 aromatic rings. The highest BCUT2D eigenvalue weighted by atomic mass is 19.1. The van der Waals surface area contributed by atoms with Gasteiger partial charge in [-0.3, -0.25) is 9.69 Å². The number of imidazole rings is 1. The van der Waals surface area contributed by atoms with Gasteiger partial charge in [-0.1, -0.05) is 6.07 Å². The van der Waals surface area contributed by atoms with E-state index >= 15 is 0 Å². The molecular formula is C19H25FN4O. The molecule has 25 heavy (non-hydrogen) atoms. The van der Waals surface area contributed by atoms with E-state index in [0.29, 0.717) is 24.7 Å². The summed E-state index contributed by atoms with van der Waals surface area (Å²) in [5.74, 6) is -0.512. The van der Waals surface area contributed by atoms with Crippen molar-refractivity contribution in [1.82, 2.24) is 19.4 Å². The van der Waals surface area contributed by atoms with Crippen molar-refractivity contribution in [2.75, 3.05) is 13.6 Å². The third kappa shape index (κ3) is 3.90. The van der Waals surface area contributed by atoms with Gasteiger partial charge in [0.05, 0.1) is 24.3 Å². The highest BCUT2D eigenvalue weighted by molar-refractivity contribution is 5.94. The second kappa shape index (κ2) is 7.35. The van der Waals surface area contributed by atoms with Crippen LogP contribution in [0.15, 0.2) is 30.6 Å². The summed E-state index contributed by atoms with van der Waals surface area (Å²) in [6.07, 6.45) is 2.73. The minimum atomic E-state index is -0.384. The van der Waals surface area contributed by atoms with Crippen LogP contribution in [0.5, 0.6) is 0 Å². The third-order valence-electron chi connectivity index (χ3n) is 4.84. The van der Waals surface area contributed by atoms with Crippen molar-refractivity contribution in [2.45, 2.75) is 45.9 Å². The first-order valence-corrected chi connectivity index (χ1v) is 8.73. The number of fused-ring (bicyclic) bond motifs is 1. The fourth-order valence-corrected chi connectivity index (χ4v) is 3.04. The molecule has 1 amide bonds. The molecule has 3 rings (SSSR count). The topological polar surface area (TPSA) is 41.4 Å². The quantitative estimate of drug-likeness (QED) is 0.856. The minimum absolute atomic E-state index is 0.127. The number of halogens is 1. The van der Waals surface area contributed by atoms with E-state index in [2.05, 4.69) is 35.3 Å². The van der Waals surface area contributed by atoms with Crippen LogP contribution in [0, 0.1) is 5.82 Å². The molecule has 1 aromatic heterocycles. The molecule has 1 aliphatic heterocycles. The number of carbonyl (C=O) groups excluding carboxylic acids is 1. The zero-order chi connectivity index (χ0) is 18.0. The molecule has 0 saturated carbocycles. The molecule has 1 aliphatic rings. The van der Waals surface area contributed by atoms with Crippen LogP contribution in [-0.2, 0) is 19.6 Å². The van der Waals surface area contributed by atoms with Gasteiger partial charge in [-0.15, -0.1) is 0 Å². The predicted molar refractivity (Wildman–Crippen MR) is 94.6 cm³/mol. The summed E-state index contributed by atoms with van der Waals surface area (Å²) in [5, 5.41) is 0. The predicted octanol–water partition coefficient (Wildman–Crippen LogP) is 2.91. The lowest BCUT2D eigenvalue weighted by Gasteiger charge is -2.23. The van der Waals surface area contributed by atoms with Crippen molar-refractivity contribution in [3.05, 3.63) is 53.4 Å². The zero-order valence-electron chi connectivity index (χ0n) is 15.1. The van der Waals surface area contributed by atoms with Crippen LogP contribution in [0.2, 0.25) is 0 Å². The summed E-state index contributed by atoms with van der Waals surface area (Å²) in [6, 6.07) is 6.33. The highest BCUT2D eigenvalue weighted by Gasteiger charge is 2.24. The van der Waals surface area contributed by atoms with E-state index in [1.807, 2.05) is 6.33 Å². The van der Waals surface area contributed by atoms with Gasteiger partial charge in [0.25, 0.3) is 5.91 Å². The molecule has 0 unspecified atom stereocenters. The van der Waals surface area contributed by atoms with E-state index in [0.717, 1.165) is 30.9 Å². The first kappa shape index (κ1) is 17.6. The van der Waals surface area contributed by atoms with Crippen molar-refractivity contribution >= 4 is 5.91 Å². The fraction of sp³-hybridized carbons (Fsp3) is 0.474. The van der Waals surface area contributed by atoms with Gasteiger partial charge in [0.1, 0.15) is 5.82 Å². The van der Waals surface area contributed by atoms with Gasteiger partial charge in [-0.2, -0.15) is 0 Å². The molecule has 0 fully saturated rings. The molecule has 1 aromatic carbocycles. The second-order valence-corrected chi connectivity index (χ2v) is 6.93. The summed E-state index contributed by atoms with van der Waals surface area (Å²) in [7, 11) is 2.07. The van der Waals surface area contributed by atoms with Gasteiger partial charge >= 0.3 is 0 Å². The van der Waals surface area contributed by atoms with Crippen LogP contribution >= 0.6 is 0 Å².